The standard InChI is InChI=1S/C17H27NO/c1-12-5-6-15(4)16(8-12)17(19)11-18-9-13(2)7-14(3)10-18/h5-6,8,13-14,17,19H,7,9-11H2,1-4H3. The molecule has 1 heterocycles. The number of aryl methyl sites for hydroxylation is 2. The summed E-state index contributed by atoms with van der Waals surface area (Å²) >= 11 is 0. The maximum Gasteiger partial charge on any atom is 0.0919 e. The van der Waals surface area contributed by atoms with Crippen molar-refractivity contribution in [3.63, 3.8) is 0 Å². The highest BCUT2D eigenvalue weighted by Crippen LogP contribution is 2.25. The summed E-state index contributed by atoms with van der Waals surface area (Å²) in [6.45, 7) is 11.8. The van der Waals surface area contributed by atoms with Gasteiger partial charge in [-0.2, -0.15) is 0 Å². The molecule has 1 fully saturated rings. The molecule has 1 saturated heterocycles. The highest BCUT2D eigenvalue weighted by atomic mass is 16.3. The first-order chi connectivity index (χ1) is 8.95. The van der Waals surface area contributed by atoms with E-state index in [1.165, 1.54) is 17.5 Å². The Morgan fingerprint density at radius 1 is 1.21 bits per heavy atom. The third kappa shape index (κ3) is 3.80. The van der Waals surface area contributed by atoms with Crippen molar-refractivity contribution in [3.05, 3.63) is 34.9 Å². The average molecular weight is 261 g/mol. The highest BCUT2D eigenvalue weighted by molar-refractivity contribution is 5.32. The van der Waals surface area contributed by atoms with Gasteiger partial charge in [-0.15, -0.1) is 0 Å². The van der Waals surface area contributed by atoms with Crippen molar-refractivity contribution >= 4 is 0 Å². The monoisotopic (exact) mass is 261 g/mol. The van der Waals surface area contributed by atoms with Gasteiger partial charge in [-0.1, -0.05) is 37.6 Å². The van der Waals surface area contributed by atoms with Crippen molar-refractivity contribution in [1.29, 1.82) is 0 Å². The SMILES string of the molecule is Cc1ccc(C)c(C(O)CN2CC(C)CC(C)C2)c1. The number of nitrogens with zero attached hydrogens (tertiary/aromatic N) is 1. The van der Waals surface area contributed by atoms with Crippen LogP contribution < -0.4 is 0 Å². The van der Waals surface area contributed by atoms with Gasteiger partial charge in [0.25, 0.3) is 0 Å². The molecule has 2 heteroatoms. The molecule has 3 atom stereocenters. The Bertz CT molecular complexity index is 419. The van der Waals surface area contributed by atoms with Crippen LogP contribution in [0.5, 0.6) is 0 Å². The Morgan fingerprint density at radius 3 is 2.47 bits per heavy atom. The summed E-state index contributed by atoms with van der Waals surface area (Å²) in [6, 6.07) is 6.34. The second kappa shape index (κ2) is 6.06. The molecule has 0 radical (unpaired) electrons. The molecular formula is C17H27NO. The van der Waals surface area contributed by atoms with E-state index in [0.717, 1.165) is 37.0 Å². The highest BCUT2D eigenvalue weighted by Gasteiger charge is 2.24. The Kier molecular flexibility index (Phi) is 4.64. The van der Waals surface area contributed by atoms with Crippen LogP contribution in [0, 0.1) is 25.7 Å². The van der Waals surface area contributed by atoms with Crippen LogP contribution in [0.4, 0.5) is 0 Å². The minimum absolute atomic E-state index is 0.364. The molecule has 19 heavy (non-hydrogen) atoms. The number of hydrogen-bond donors (Lipinski definition) is 1. The first kappa shape index (κ1) is 14.5. The average Bonchev–Trinajstić information content (AvgIpc) is 2.30. The number of aliphatic hydroxyl groups excluding tert-OH is 1. The normalized spacial score (nSPS) is 26.4. The summed E-state index contributed by atoms with van der Waals surface area (Å²) in [6.07, 6.45) is 0.952. The van der Waals surface area contributed by atoms with Crippen LogP contribution in [-0.2, 0) is 0 Å². The molecule has 0 bridgehead atoms. The largest absolute Gasteiger partial charge is 0.387 e. The summed E-state index contributed by atoms with van der Waals surface area (Å²) < 4.78 is 0. The van der Waals surface area contributed by atoms with Gasteiger partial charge in [0.15, 0.2) is 0 Å². The van der Waals surface area contributed by atoms with E-state index in [1.807, 2.05) is 0 Å². The molecule has 1 aromatic rings. The predicted molar refractivity (Wildman–Crippen MR) is 80.3 cm³/mol. The van der Waals surface area contributed by atoms with E-state index in [0.29, 0.717) is 0 Å². The smallest absolute Gasteiger partial charge is 0.0919 e. The van der Waals surface area contributed by atoms with Crippen molar-refractivity contribution in [2.24, 2.45) is 11.8 Å². The molecule has 1 N–H and O–H groups in total. The minimum atomic E-state index is -0.364. The van der Waals surface area contributed by atoms with Crippen LogP contribution >= 0.6 is 0 Å². The van der Waals surface area contributed by atoms with Crippen LogP contribution in [0.2, 0.25) is 0 Å². The maximum absolute atomic E-state index is 10.5. The molecule has 2 nitrogen and oxygen atoms in total. The van der Waals surface area contributed by atoms with Gasteiger partial charge in [0.1, 0.15) is 0 Å². The topological polar surface area (TPSA) is 23.5 Å². The van der Waals surface area contributed by atoms with Gasteiger partial charge < -0.3 is 5.11 Å². The van der Waals surface area contributed by atoms with Crippen molar-refractivity contribution < 1.29 is 5.11 Å². The number of hydrogen-bond acceptors (Lipinski definition) is 2. The van der Waals surface area contributed by atoms with E-state index < -0.39 is 0 Å². The van der Waals surface area contributed by atoms with Crippen LogP contribution in [0.1, 0.15) is 43.1 Å². The van der Waals surface area contributed by atoms with Crippen molar-refractivity contribution in [2.45, 2.75) is 40.2 Å². The van der Waals surface area contributed by atoms with Crippen LogP contribution in [0.3, 0.4) is 0 Å². The summed E-state index contributed by atoms with van der Waals surface area (Å²) in [4.78, 5) is 2.42. The first-order valence-electron chi connectivity index (χ1n) is 7.43. The lowest BCUT2D eigenvalue weighted by atomic mass is 9.91. The fourth-order valence-corrected chi connectivity index (χ4v) is 3.40. The number of piperidine rings is 1. The van der Waals surface area contributed by atoms with E-state index in [-0.39, 0.29) is 6.10 Å². The molecule has 0 saturated carbocycles. The van der Waals surface area contributed by atoms with Gasteiger partial charge in [-0.25, -0.2) is 0 Å². The van der Waals surface area contributed by atoms with Crippen LogP contribution in [0.15, 0.2) is 18.2 Å². The summed E-state index contributed by atoms with van der Waals surface area (Å²) in [5.41, 5.74) is 3.50. The van der Waals surface area contributed by atoms with Crippen molar-refractivity contribution in [2.75, 3.05) is 19.6 Å². The van der Waals surface area contributed by atoms with Crippen LogP contribution in [0.25, 0.3) is 0 Å². The second-order valence-corrected chi connectivity index (χ2v) is 6.54. The first-order valence-corrected chi connectivity index (χ1v) is 7.43. The summed E-state index contributed by atoms with van der Waals surface area (Å²) in [5.74, 6) is 1.49. The fraction of sp³-hybridized carbons (Fsp3) is 0.647. The van der Waals surface area contributed by atoms with Gasteiger partial charge >= 0.3 is 0 Å². The predicted octanol–water partition coefficient (Wildman–Crippen LogP) is 3.31. The second-order valence-electron chi connectivity index (χ2n) is 6.54. The van der Waals surface area contributed by atoms with E-state index in [2.05, 4.69) is 50.8 Å². The Labute approximate surface area is 117 Å². The zero-order valence-corrected chi connectivity index (χ0v) is 12.7. The van der Waals surface area contributed by atoms with Crippen molar-refractivity contribution in [1.82, 2.24) is 4.90 Å². The van der Waals surface area contributed by atoms with Gasteiger partial charge in [-0.05, 0) is 43.2 Å². The van der Waals surface area contributed by atoms with Gasteiger partial charge in [0, 0.05) is 19.6 Å². The molecule has 1 aliphatic rings. The lowest BCUT2D eigenvalue weighted by Gasteiger charge is -2.36. The molecule has 0 amide bonds. The molecule has 0 aliphatic carbocycles. The third-order valence-electron chi connectivity index (χ3n) is 4.17. The molecule has 0 spiro atoms. The molecule has 1 aromatic carbocycles. The molecule has 106 valence electrons. The van der Waals surface area contributed by atoms with Crippen LogP contribution in [-0.4, -0.2) is 29.6 Å². The number of benzene rings is 1. The fourth-order valence-electron chi connectivity index (χ4n) is 3.40. The van der Waals surface area contributed by atoms with Gasteiger partial charge in [0.05, 0.1) is 6.10 Å². The molecule has 1 aliphatic heterocycles. The van der Waals surface area contributed by atoms with Gasteiger partial charge in [0.2, 0.25) is 0 Å². The maximum atomic E-state index is 10.5. The quantitative estimate of drug-likeness (QED) is 0.902. The Balaban J connectivity index is 2.04. The minimum Gasteiger partial charge on any atom is -0.387 e. The number of aliphatic hydroxyl groups is 1. The number of likely N-dealkylation sites (tertiary alicyclic amines) is 1. The third-order valence-corrected chi connectivity index (χ3v) is 4.17. The summed E-state index contributed by atoms with van der Waals surface area (Å²) in [5, 5.41) is 10.5. The summed E-state index contributed by atoms with van der Waals surface area (Å²) in [7, 11) is 0. The Morgan fingerprint density at radius 2 is 1.84 bits per heavy atom. The van der Waals surface area contributed by atoms with E-state index >= 15 is 0 Å². The Hall–Kier alpha value is -0.860. The lowest BCUT2D eigenvalue weighted by molar-refractivity contribution is 0.0696. The number of β-amino-alcohol motifs (C(OH)–C–C–N with tert-alkyl or cyclic N) is 1. The lowest BCUT2D eigenvalue weighted by Crippen LogP contribution is -2.40. The van der Waals surface area contributed by atoms with Crippen molar-refractivity contribution in [3.8, 4) is 0 Å². The van der Waals surface area contributed by atoms with E-state index in [9.17, 15) is 5.11 Å². The molecule has 2 rings (SSSR count). The molecule has 3 unspecified atom stereocenters. The molecular weight excluding hydrogens is 234 g/mol. The zero-order valence-electron chi connectivity index (χ0n) is 12.7. The number of rotatable bonds is 3. The van der Waals surface area contributed by atoms with E-state index in [1.54, 1.807) is 0 Å². The van der Waals surface area contributed by atoms with E-state index in [4.69, 9.17) is 0 Å². The zero-order chi connectivity index (χ0) is 14.0. The van der Waals surface area contributed by atoms with Gasteiger partial charge in [-0.3, -0.25) is 4.90 Å². The molecule has 0 aromatic heterocycles.